The van der Waals surface area contributed by atoms with Crippen LogP contribution in [0.15, 0.2) is 59.7 Å². The lowest BCUT2D eigenvalue weighted by molar-refractivity contribution is -0.110. The lowest BCUT2D eigenvalue weighted by Crippen LogP contribution is -2.39. The number of ketones is 1. The highest BCUT2D eigenvalue weighted by Crippen LogP contribution is 2.39. The number of esters is 1. The van der Waals surface area contributed by atoms with Crippen LogP contribution in [0.2, 0.25) is 25.1 Å². The van der Waals surface area contributed by atoms with E-state index in [4.69, 9.17) is 62.7 Å². The number of rotatable bonds is 7. The van der Waals surface area contributed by atoms with Crippen LogP contribution >= 0.6 is 58.0 Å². The molecule has 12 heteroatoms. The molecule has 2 N–H and O–H groups in total. The summed E-state index contributed by atoms with van der Waals surface area (Å²) >= 11 is 30.5. The van der Waals surface area contributed by atoms with Gasteiger partial charge in [0.15, 0.2) is 5.78 Å². The van der Waals surface area contributed by atoms with Crippen LogP contribution in [0.5, 0.6) is 0 Å². The van der Waals surface area contributed by atoms with Crippen LogP contribution in [0.1, 0.15) is 32.4 Å². The van der Waals surface area contributed by atoms with E-state index in [1.165, 1.54) is 37.4 Å². The number of nitrogens with one attached hydrogen (secondary N) is 2. The van der Waals surface area contributed by atoms with Crippen molar-refractivity contribution in [2.45, 2.75) is 6.10 Å². The number of anilines is 1. The highest BCUT2D eigenvalue weighted by atomic mass is 35.5. The number of nitrogens with zero attached hydrogens (tertiary/aromatic N) is 1. The van der Waals surface area contributed by atoms with Gasteiger partial charge >= 0.3 is 5.97 Å². The van der Waals surface area contributed by atoms with Gasteiger partial charge in [-0.3, -0.25) is 9.59 Å². The molecule has 0 fully saturated rings. The monoisotopic (exact) mass is 597 g/mol. The molecule has 0 spiro atoms. The second-order valence-corrected chi connectivity index (χ2v) is 9.84. The fourth-order valence-electron chi connectivity index (χ4n) is 3.84. The van der Waals surface area contributed by atoms with Gasteiger partial charge in [0.25, 0.3) is 5.91 Å². The van der Waals surface area contributed by atoms with Crippen LogP contribution in [0.4, 0.5) is 5.69 Å². The predicted molar refractivity (Wildman–Crippen MR) is 145 cm³/mol. The Bertz CT molecular complexity index is 1460. The number of fused-ring (bicyclic) bond motifs is 1. The van der Waals surface area contributed by atoms with E-state index in [2.05, 4.69) is 15.8 Å². The molecule has 2 unspecified atom stereocenters. The van der Waals surface area contributed by atoms with E-state index in [-0.39, 0.29) is 47.6 Å². The van der Waals surface area contributed by atoms with E-state index in [1.54, 1.807) is 24.3 Å². The van der Waals surface area contributed by atoms with E-state index in [0.29, 0.717) is 5.56 Å². The third-order valence-corrected chi connectivity index (χ3v) is 7.30. The minimum atomic E-state index is -1.38. The number of Topliss-reactive ketones (excluding diaryl/α,β-unsaturated/α-hetero) is 1. The molecule has 1 aliphatic heterocycles. The molecule has 2 atom stereocenters. The molecule has 37 heavy (non-hydrogen) atoms. The lowest BCUT2D eigenvalue weighted by atomic mass is 9.84. The van der Waals surface area contributed by atoms with Crippen molar-refractivity contribution in [2.24, 2.45) is 11.0 Å². The minimum Gasteiger partial charge on any atom is -0.453 e. The van der Waals surface area contributed by atoms with Gasteiger partial charge in [-0.25, -0.2) is 4.79 Å². The first-order valence-electron chi connectivity index (χ1n) is 10.6. The average molecular weight is 600 g/mol. The van der Waals surface area contributed by atoms with E-state index in [9.17, 15) is 14.4 Å². The van der Waals surface area contributed by atoms with Crippen molar-refractivity contribution in [1.29, 1.82) is 0 Å². The zero-order valence-corrected chi connectivity index (χ0v) is 22.6. The van der Waals surface area contributed by atoms with Gasteiger partial charge in [-0.2, -0.15) is 5.10 Å². The Hall–Kier alpha value is -2.81. The summed E-state index contributed by atoms with van der Waals surface area (Å²) in [6, 6.07) is 13.6. The summed E-state index contributed by atoms with van der Waals surface area (Å²) in [4.78, 5) is 40.1. The number of hydrogen-bond donors (Lipinski definition) is 2. The summed E-state index contributed by atoms with van der Waals surface area (Å²) in [7, 11) is 1.45. The first-order chi connectivity index (χ1) is 17.6. The van der Waals surface area contributed by atoms with Gasteiger partial charge in [-0.1, -0.05) is 76.2 Å². The molecular weight excluding hydrogens is 584 g/mol. The topological polar surface area (TPSA) is 96.9 Å². The van der Waals surface area contributed by atoms with Crippen molar-refractivity contribution in [3.8, 4) is 0 Å². The molecule has 1 aliphatic rings. The van der Waals surface area contributed by atoms with Crippen molar-refractivity contribution >= 4 is 87.1 Å². The van der Waals surface area contributed by atoms with Crippen LogP contribution in [0.25, 0.3) is 0 Å². The third-order valence-electron chi connectivity index (χ3n) is 5.53. The zero-order valence-electron chi connectivity index (χ0n) is 18.8. The molecule has 3 aromatic carbocycles. The van der Waals surface area contributed by atoms with Gasteiger partial charge < -0.3 is 15.5 Å². The summed E-state index contributed by atoms with van der Waals surface area (Å²) in [6.45, 7) is 0. The van der Waals surface area contributed by atoms with Crippen molar-refractivity contribution in [3.05, 3.63) is 96.4 Å². The highest BCUT2D eigenvalue weighted by molar-refractivity contribution is 6.49. The van der Waals surface area contributed by atoms with E-state index in [0.717, 1.165) is 0 Å². The standard InChI is InChI=1S/C25H16Cl5N3O4/c1-31-33-21(24(35)32-19-10-17(29)16(28)9-18(19)30)20(22(34)11-6-7-14(26)15(27)8-11)23-12-4-2-3-5-13(12)25(36)37-23/h2-10,20,23,31H,1H3,(H,32,35). The molecular formula is C25H16Cl5N3O4. The summed E-state index contributed by atoms with van der Waals surface area (Å²) in [5.41, 5.74) is 3.22. The zero-order chi connectivity index (χ0) is 26.9. The highest BCUT2D eigenvalue weighted by Gasteiger charge is 2.45. The van der Waals surface area contributed by atoms with Gasteiger partial charge in [-0.05, 0) is 36.4 Å². The molecule has 1 amide bonds. The van der Waals surface area contributed by atoms with Gasteiger partial charge in [0.2, 0.25) is 0 Å². The molecule has 0 bridgehead atoms. The van der Waals surface area contributed by atoms with Crippen molar-refractivity contribution in [1.82, 2.24) is 5.43 Å². The lowest BCUT2D eigenvalue weighted by Gasteiger charge is -2.24. The van der Waals surface area contributed by atoms with Crippen LogP contribution in [0.3, 0.4) is 0 Å². The number of hydrogen-bond acceptors (Lipinski definition) is 6. The number of ether oxygens (including phenoxy) is 1. The molecule has 7 nitrogen and oxygen atoms in total. The normalized spacial score (nSPS) is 15.6. The Balaban J connectivity index is 1.82. The van der Waals surface area contributed by atoms with Crippen LogP contribution < -0.4 is 10.7 Å². The molecule has 1 heterocycles. The number of carbonyl (C=O) groups is 3. The Kier molecular flexibility index (Phi) is 8.31. The van der Waals surface area contributed by atoms with Gasteiger partial charge in [0.1, 0.15) is 17.7 Å². The summed E-state index contributed by atoms with van der Waals surface area (Å²) < 4.78 is 5.60. The SMILES string of the molecule is CNN=C(C(=O)Nc1cc(Cl)c(Cl)cc1Cl)C(C(=O)c1ccc(Cl)c(Cl)c1)C1OC(=O)c2ccccc21. The van der Waals surface area contributed by atoms with Crippen LogP contribution in [-0.2, 0) is 9.53 Å². The quantitative estimate of drug-likeness (QED) is 0.102. The van der Waals surface area contributed by atoms with Crippen molar-refractivity contribution in [2.75, 3.05) is 12.4 Å². The van der Waals surface area contributed by atoms with E-state index in [1.807, 2.05) is 0 Å². The second-order valence-electron chi connectivity index (χ2n) is 7.80. The maximum absolute atomic E-state index is 13.9. The molecule has 0 aliphatic carbocycles. The first-order valence-corrected chi connectivity index (χ1v) is 12.5. The molecule has 0 radical (unpaired) electrons. The van der Waals surface area contributed by atoms with Gasteiger partial charge in [0.05, 0.1) is 36.4 Å². The first kappa shape index (κ1) is 27.2. The van der Waals surface area contributed by atoms with Gasteiger partial charge in [-0.15, -0.1) is 0 Å². The Morgan fingerprint density at radius 2 is 1.57 bits per heavy atom. The van der Waals surface area contributed by atoms with Gasteiger partial charge in [0, 0.05) is 18.2 Å². The average Bonchev–Trinajstić information content (AvgIpc) is 3.20. The summed E-state index contributed by atoms with van der Waals surface area (Å²) in [5.74, 6) is -3.39. The van der Waals surface area contributed by atoms with E-state index < -0.39 is 29.7 Å². The molecule has 4 rings (SSSR count). The fourth-order valence-corrected chi connectivity index (χ4v) is 4.73. The molecule has 3 aromatic rings. The van der Waals surface area contributed by atoms with Crippen molar-refractivity contribution < 1.29 is 19.1 Å². The molecule has 190 valence electrons. The second kappa shape index (κ2) is 11.3. The predicted octanol–water partition coefficient (Wildman–Crippen LogP) is 6.88. The number of benzene rings is 3. The molecule has 0 aromatic heterocycles. The number of cyclic esters (lactones) is 1. The fraction of sp³-hybridized carbons (Fsp3) is 0.120. The Morgan fingerprint density at radius 3 is 2.27 bits per heavy atom. The maximum Gasteiger partial charge on any atom is 0.339 e. The number of hydrazone groups is 1. The smallest absolute Gasteiger partial charge is 0.339 e. The Labute approximate surface area is 236 Å². The minimum absolute atomic E-state index is 0.108. The third kappa shape index (κ3) is 5.56. The maximum atomic E-state index is 13.9. The summed E-state index contributed by atoms with van der Waals surface area (Å²) in [5, 5.41) is 7.53. The summed E-state index contributed by atoms with van der Waals surface area (Å²) in [6.07, 6.45) is -1.16. The number of carbonyl (C=O) groups excluding carboxylic acids is 3. The van der Waals surface area contributed by atoms with E-state index >= 15 is 0 Å². The Morgan fingerprint density at radius 1 is 0.892 bits per heavy atom. The number of halogens is 5. The largest absolute Gasteiger partial charge is 0.453 e. The van der Waals surface area contributed by atoms with Crippen LogP contribution in [-0.4, -0.2) is 30.4 Å². The molecule has 0 saturated heterocycles. The van der Waals surface area contributed by atoms with Crippen LogP contribution in [0, 0.1) is 5.92 Å². The molecule has 0 saturated carbocycles. The number of amides is 1. The van der Waals surface area contributed by atoms with Crippen molar-refractivity contribution in [3.63, 3.8) is 0 Å².